The summed E-state index contributed by atoms with van der Waals surface area (Å²) in [5.74, 6) is -1.23. The van der Waals surface area contributed by atoms with E-state index in [4.69, 9.17) is 8.92 Å². The molecule has 70 valence electrons. The minimum Gasteiger partial charge on any atom is -0.450 e. The Morgan fingerprint density at radius 1 is 1.67 bits per heavy atom. The fourth-order valence-electron chi connectivity index (χ4n) is 0.871. The van der Waals surface area contributed by atoms with Gasteiger partial charge in [-0.3, -0.25) is 0 Å². The fourth-order valence-corrected chi connectivity index (χ4v) is 1.57. The highest BCUT2D eigenvalue weighted by molar-refractivity contribution is 7.86. The summed E-state index contributed by atoms with van der Waals surface area (Å²) >= 11 is 0. The zero-order valence-electron chi connectivity index (χ0n) is 6.90. The van der Waals surface area contributed by atoms with Gasteiger partial charge in [0.05, 0.1) is 6.26 Å². The highest BCUT2D eigenvalue weighted by Crippen LogP contribution is 2.20. The van der Waals surface area contributed by atoms with E-state index in [2.05, 4.69) is 5.32 Å². The molecule has 1 rings (SSSR count). The van der Waals surface area contributed by atoms with Crippen LogP contribution in [0.4, 0.5) is 0 Å². The second-order valence-electron chi connectivity index (χ2n) is 2.46. The number of hydrogen-bond acceptors (Lipinski definition) is 5. The maximum absolute atomic E-state index is 10.8. The molecule has 0 aromatic rings. The standard InChI is InChI=1S/C6H11NO4S/c1-3-6(7-4-5-10-6)11-12(2,8)9/h4-5,7H,3H2,1-2H3. The highest BCUT2D eigenvalue weighted by atomic mass is 32.2. The number of nitrogens with one attached hydrogen (secondary N) is 1. The molecule has 5 nitrogen and oxygen atoms in total. The lowest BCUT2D eigenvalue weighted by atomic mass is 10.4. The van der Waals surface area contributed by atoms with Gasteiger partial charge in [-0.05, 0) is 0 Å². The van der Waals surface area contributed by atoms with Crippen molar-refractivity contribution >= 4 is 10.1 Å². The van der Waals surface area contributed by atoms with E-state index < -0.39 is 16.0 Å². The molecule has 0 aliphatic carbocycles. The van der Waals surface area contributed by atoms with E-state index >= 15 is 0 Å². The Balaban J connectivity index is 2.70. The van der Waals surface area contributed by atoms with Crippen LogP contribution in [-0.4, -0.2) is 20.6 Å². The summed E-state index contributed by atoms with van der Waals surface area (Å²) in [5.41, 5.74) is 0. The van der Waals surface area contributed by atoms with E-state index in [9.17, 15) is 8.42 Å². The lowest BCUT2D eigenvalue weighted by molar-refractivity contribution is -0.143. The van der Waals surface area contributed by atoms with Crippen LogP contribution < -0.4 is 5.32 Å². The predicted octanol–water partition coefficient (Wildman–Crippen LogP) is 0.117. The van der Waals surface area contributed by atoms with Gasteiger partial charge in [-0.25, -0.2) is 4.18 Å². The molecule has 1 atom stereocenters. The molecule has 0 radical (unpaired) electrons. The maximum atomic E-state index is 10.8. The summed E-state index contributed by atoms with van der Waals surface area (Å²) in [4.78, 5) is 0. The molecule has 0 amide bonds. The fraction of sp³-hybridized carbons (Fsp3) is 0.667. The van der Waals surface area contributed by atoms with Crippen LogP contribution in [0.15, 0.2) is 12.5 Å². The summed E-state index contributed by atoms with van der Waals surface area (Å²) in [6.45, 7) is 1.76. The molecule has 12 heavy (non-hydrogen) atoms. The molecule has 0 aromatic heterocycles. The van der Waals surface area contributed by atoms with Crippen molar-refractivity contribution in [3.63, 3.8) is 0 Å². The summed E-state index contributed by atoms with van der Waals surface area (Å²) in [6.07, 6.45) is 4.23. The number of ether oxygens (including phenoxy) is 1. The van der Waals surface area contributed by atoms with Crippen LogP contribution in [0.2, 0.25) is 0 Å². The second kappa shape index (κ2) is 2.95. The van der Waals surface area contributed by atoms with E-state index in [1.54, 1.807) is 6.92 Å². The first-order chi connectivity index (χ1) is 5.47. The second-order valence-corrected chi connectivity index (χ2v) is 4.03. The monoisotopic (exact) mass is 193 g/mol. The maximum Gasteiger partial charge on any atom is 0.306 e. The summed E-state index contributed by atoms with van der Waals surface area (Å²) in [6, 6.07) is 0. The summed E-state index contributed by atoms with van der Waals surface area (Å²) < 4.78 is 31.2. The molecule has 6 heteroatoms. The van der Waals surface area contributed by atoms with Gasteiger partial charge in [0.1, 0.15) is 6.26 Å². The molecular weight excluding hydrogens is 182 g/mol. The van der Waals surface area contributed by atoms with E-state index in [1.165, 1.54) is 12.5 Å². The van der Waals surface area contributed by atoms with Gasteiger partial charge in [0.15, 0.2) is 0 Å². The smallest absolute Gasteiger partial charge is 0.306 e. The first-order valence-corrected chi connectivity index (χ1v) is 5.30. The Morgan fingerprint density at radius 3 is 2.67 bits per heavy atom. The van der Waals surface area contributed by atoms with Gasteiger partial charge in [-0.2, -0.15) is 8.42 Å². The highest BCUT2D eigenvalue weighted by Gasteiger charge is 2.36. The van der Waals surface area contributed by atoms with Crippen molar-refractivity contribution in [1.82, 2.24) is 5.32 Å². The Morgan fingerprint density at radius 2 is 2.33 bits per heavy atom. The summed E-state index contributed by atoms with van der Waals surface area (Å²) in [7, 11) is -3.51. The summed E-state index contributed by atoms with van der Waals surface area (Å²) in [5, 5.41) is 2.67. The first-order valence-electron chi connectivity index (χ1n) is 3.48. The molecule has 0 saturated heterocycles. The average Bonchev–Trinajstić information content (AvgIpc) is 2.34. The van der Waals surface area contributed by atoms with Crippen molar-refractivity contribution < 1.29 is 17.3 Å². The third-order valence-corrected chi connectivity index (χ3v) is 1.95. The molecule has 0 aromatic carbocycles. The minimum absolute atomic E-state index is 0.396. The van der Waals surface area contributed by atoms with Gasteiger partial charge in [0, 0.05) is 12.6 Å². The van der Waals surface area contributed by atoms with Crippen molar-refractivity contribution in [3.8, 4) is 0 Å². The van der Waals surface area contributed by atoms with Crippen LogP contribution >= 0.6 is 0 Å². The van der Waals surface area contributed by atoms with Gasteiger partial charge in [0.25, 0.3) is 10.1 Å². The van der Waals surface area contributed by atoms with Crippen molar-refractivity contribution in [2.45, 2.75) is 19.3 Å². The van der Waals surface area contributed by atoms with Crippen LogP contribution in [0.1, 0.15) is 13.3 Å². The van der Waals surface area contributed by atoms with Crippen LogP contribution in [-0.2, 0) is 19.0 Å². The predicted molar refractivity (Wildman–Crippen MR) is 42.3 cm³/mol. The lowest BCUT2D eigenvalue weighted by Gasteiger charge is -2.25. The van der Waals surface area contributed by atoms with Gasteiger partial charge < -0.3 is 10.1 Å². The quantitative estimate of drug-likeness (QED) is 0.645. The van der Waals surface area contributed by atoms with Crippen molar-refractivity contribution in [1.29, 1.82) is 0 Å². The van der Waals surface area contributed by atoms with Crippen LogP contribution in [0, 0.1) is 0 Å². The number of rotatable bonds is 3. The normalized spacial score (nSPS) is 28.2. The van der Waals surface area contributed by atoms with Crippen LogP contribution in [0.25, 0.3) is 0 Å². The van der Waals surface area contributed by atoms with Gasteiger partial charge in [-0.15, -0.1) is 0 Å². The lowest BCUT2D eigenvalue weighted by Crippen LogP contribution is -2.44. The van der Waals surface area contributed by atoms with Crippen molar-refractivity contribution in [2.75, 3.05) is 6.26 Å². The Hall–Kier alpha value is -0.750. The molecule has 1 aliphatic rings. The Labute approximate surface area is 71.5 Å². The van der Waals surface area contributed by atoms with Crippen molar-refractivity contribution in [3.05, 3.63) is 12.5 Å². The third-order valence-electron chi connectivity index (χ3n) is 1.38. The average molecular weight is 193 g/mol. The van der Waals surface area contributed by atoms with Gasteiger partial charge >= 0.3 is 5.91 Å². The number of hydrogen-bond donors (Lipinski definition) is 1. The minimum atomic E-state index is -3.51. The largest absolute Gasteiger partial charge is 0.450 e. The molecule has 0 saturated carbocycles. The van der Waals surface area contributed by atoms with Crippen LogP contribution in [0.3, 0.4) is 0 Å². The SMILES string of the molecule is CCC1(OS(C)(=O)=O)NC=CO1. The zero-order chi connectivity index (χ0) is 9.24. The molecule has 0 bridgehead atoms. The van der Waals surface area contributed by atoms with Crippen LogP contribution in [0.5, 0.6) is 0 Å². The van der Waals surface area contributed by atoms with E-state index in [0.29, 0.717) is 6.42 Å². The Kier molecular flexibility index (Phi) is 2.29. The first kappa shape index (κ1) is 9.34. The van der Waals surface area contributed by atoms with Gasteiger partial charge in [0.2, 0.25) is 0 Å². The topological polar surface area (TPSA) is 64.6 Å². The molecule has 1 N–H and O–H groups in total. The third kappa shape index (κ3) is 2.12. The van der Waals surface area contributed by atoms with E-state index in [-0.39, 0.29) is 0 Å². The van der Waals surface area contributed by atoms with E-state index in [0.717, 1.165) is 6.26 Å². The molecule has 1 unspecified atom stereocenters. The molecule has 0 fully saturated rings. The molecule has 0 spiro atoms. The zero-order valence-corrected chi connectivity index (χ0v) is 7.72. The molecule has 1 heterocycles. The van der Waals surface area contributed by atoms with E-state index in [1.807, 2.05) is 0 Å². The van der Waals surface area contributed by atoms with Crippen molar-refractivity contribution in [2.24, 2.45) is 0 Å². The van der Waals surface area contributed by atoms with Gasteiger partial charge in [-0.1, -0.05) is 6.92 Å². The molecule has 1 aliphatic heterocycles. The Bertz CT molecular complexity index is 274. The molecular formula is C6H11NO4S.